The Morgan fingerprint density at radius 2 is 1.95 bits per heavy atom. The van der Waals surface area contributed by atoms with Crippen molar-refractivity contribution >= 4 is 29.3 Å². The first kappa shape index (κ1) is 14.8. The maximum Gasteiger partial charge on any atom is 0.173 e. The predicted octanol–water partition coefficient (Wildman–Crippen LogP) is 2.51. The molecule has 22 heavy (non-hydrogen) atoms. The Balaban J connectivity index is 2.26. The summed E-state index contributed by atoms with van der Waals surface area (Å²) in [5.74, 6) is 0. The van der Waals surface area contributed by atoms with Gasteiger partial charge in [-0.3, -0.25) is 4.99 Å². The molecule has 2 aromatic carbocycles. The summed E-state index contributed by atoms with van der Waals surface area (Å²) < 4.78 is 0. The van der Waals surface area contributed by atoms with Crippen molar-refractivity contribution in [2.24, 2.45) is 4.99 Å². The van der Waals surface area contributed by atoms with E-state index in [1.54, 1.807) is 24.1 Å². The van der Waals surface area contributed by atoms with Gasteiger partial charge in [-0.2, -0.15) is 0 Å². The molecule has 1 aliphatic heterocycles. The van der Waals surface area contributed by atoms with Crippen LogP contribution in [0.3, 0.4) is 0 Å². The highest BCUT2D eigenvalue weighted by Gasteiger charge is 2.30. The van der Waals surface area contributed by atoms with Crippen LogP contribution in [0, 0.1) is 0 Å². The molecule has 1 N–H and O–H groups in total. The molecule has 2 aromatic rings. The van der Waals surface area contributed by atoms with Crippen LogP contribution in [0.15, 0.2) is 53.5 Å². The third-order valence-corrected chi connectivity index (χ3v) is 4.03. The number of fused-ring (bicyclic) bond motifs is 1. The minimum atomic E-state index is -1.14. The lowest BCUT2D eigenvalue weighted by molar-refractivity contribution is -0.110. The van der Waals surface area contributed by atoms with Crippen LogP contribution in [-0.4, -0.2) is 36.4 Å². The largest absolute Gasteiger partial charge is 0.369 e. The Morgan fingerprint density at radius 3 is 2.64 bits per heavy atom. The van der Waals surface area contributed by atoms with Gasteiger partial charge < -0.3 is 14.8 Å². The number of benzene rings is 2. The Bertz CT molecular complexity index is 731. The zero-order valence-corrected chi connectivity index (χ0v) is 12.7. The van der Waals surface area contributed by atoms with Gasteiger partial charge >= 0.3 is 0 Å². The van der Waals surface area contributed by atoms with Crippen LogP contribution >= 0.6 is 11.6 Å². The van der Waals surface area contributed by atoms with Crippen molar-refractivity contribution < 1.29 is 9.90 Å². The van der Waals surface area contributed by atoms with Crippen molar-refractivity contribution in [3.63, 3.8) is 0 Å². The molecule has 0 aliphatic carbocycles. The standard InChI is InChI=1S/C17H15ClN2O2/c1-20-14-8-7-12(18)9-13(14)16(11-5-3-2-4-6-11)19-17(22)15(20)10-21/h2-10,15,17,22H,1H3. The summed E-state index contributed by atoms with van der Waals surface area (Å²) in [4.78, 5) is 17.5. The number of aldehydes is 1. The highest BCUT2D eigenvalue weighted by molar-refractivity contribution is 6.31. The van der Waals surface area contributed by atoms with Gasteiger partial charge in [0.25, 0.3) is 0 Å². The number of nitrogens with zero attached hydrogens (tertiary/aromatic N) is 2. The van der Waals surface area contributed by atoms with Gasteiger partial charge in [-0.1, -0.05) is 41.9 Å². The van der Waals surface area contributed by atoms with Gasteiger partial charge in [0.15, 0.2) is 6.23 Å². The second-order valence-corrected chi connectivity index (χ2v) is 5.59. The van der Waals surface area contributed by atoms with E-state index >= 15 is 0 Å². The molecule has 0 fully saturated rings. The number of benzodiazepines with no additional fused rings is 1. The minimum Gasteiger partial charge on any atom is -0.369 e. The summed E-state index contributed by atoms with van der Waals surface area (Å²) in [5, 5.41) is 10.9. The average molecular weight is 315 g/mol. The molecule has 1 heterocycles. The fraction of sp³-hybridized carbons (Fsp3) is 0.176. The average Bonchev–Trinajstić information content (AvgIpc) is 2.63. The van der Waals surface area contributed by atoms with Crippen LogP contribution in [0.5, 0.6) is 0 Å². The normalized spacial score (nSPS) is 20.9. The van der Waals surface area contributed by atoms with E-state index in [9.17, 15) is 9.90 Å². The first-order valence-corrected chi connectivity index (χ1v) is 7.29. The van der Waals surface area contributed by atoms with Crippen molar-refractivity contribution in [3.8, 4) is 0 Å². The number of aliphatic hydroxyl groups excluding tert-OH is 1. The summed E-state index contributed by atoms with van der Waals surface area (Å²) in [6.07, 6.45) is -0.426. The zero-order valence-electron chi connectivity index (χ0n) is 12.0. The van der Waals surface area contributed by atoms with E-state index in [4.69, 9.17) is 11.6 Å². The molecule has 0 spiro atoms. The molecule has 0 radical (unpaired) electrons. The molecule has 0 saturated heterocycles. The van der Waals surface area contributed by atoms with Gasteiger partial charge in [-0.15, -0.1) is 0 Å². The maximum atomic E-state index is 11.4. The fourth-order valence-corrected chi connectivity index (χ4v) is 2.80. The van der Waals surface area contributed by atoms with Crippen molar-refractivity contribution in [3.05, 3.63) is 64.7 Å². The molecular weight excluding hydrogens is 300 g/mol. The van der Waals surface area contributed by atoms with Crippen molar-refractivity contribution in [1.29, 1.82) is 0 Å². The summed E-state index contributed by atoms with van der Waals surface area (Å²) in [5.41, 5.74) is 3.09. The number of aliphatic imine (C=N–C) groups is 1. The quantitative estimate of drug-likeness (QED) is 0.867. The summed E-state index contributed by atoms with van der Waals surface area (Å²) in [7, 11) is 1.76. The number of hydrogen-bond donors (Lipinski definition) is 1. The van der Waals surface area contributed by atoms with E-state index in [2.05, 4.69) is 4.99 Å². The second kappa shape index (κ2) is 5.91. The number of hydrogen-bond acceptors (Lipinski definition) is 4. The van der Waals surface area contributed by atoms with Gasteiger partial charge in [0.05, 0.1) is 5.71 Å². The molecule has 2 unspecified atom stereocenters. The molecule has 5 heteroatoms. The van der Waals surface area contributed by atoms with Gasteiger partial charge in [0.2, 0.25) is 0 Å². The van der Waals surface area contributed by atoms with Crippen LogP contribution < -0.4 is 4.90 Å². The van der Waals surface area contributed by atoms with E-state index in [0.717, 1.165) is 16.8 Å². The van der Waals surface area contributed by atoms with E-state index in [1.165, 1.54) is 0 Å². The molecule has 0 amide bonds. The molecule has 0 saturated carbocycles. The highest BCUT2D eigenvalue weighted by Crippen LogP contribution is 2.31. The number of carbonyl (C=O) groups is 1. The van der Waals surface area contributed by atoms with Crippen LogP contribution in [0.1, 0.15) is 11.1 Å². The Labute approximate surface area is 133 Å². The molecule has 2 atom stereocenters. The summed E-state index contributed by atoms with van der Waals surface area (Å²) in [6.45, 7) is 0. The number of rotatable bonds is 2. The van der Waals surface area contributed by atoms with Crippen molar-refractivity contribution in [1.82, 2.24) is 0 Å². The smallest absolute Gasteiger partial charge is 0.173 e. The minimum absolute atomic E-state index is 0.579. The molecule has 112 valence electrons. The van der Waals surface area contributed by atoms with Crippen molar-refractivity contribution in [2.75, 3.05) is 11.9 Å². The molecule has 0 bridgehead atoms. The van der Waals surface area contributed by atoms with Crippen LogP contribution in [0.4, 0.5) is 5.69 Å². The fourth-order valence-electron chi connectivity index (χ4n) is 2.63. The lowest BCUT2D eigenvalue weighted by Gasteiger charge is -2.26. The first-order valence-electron chi connectivity index (χ1n) is 6.91. The van der Waals surface area contributed by atoms with Crippen LogP contribution in [0.25, 0.3) is 0 Å². The third-order valence-electron chi connectivity index (χ3n) is 3.79. The number of aliphatic hydroxyl groups is 1. The zero-order chi connectivity index (χ0) is 15.7. The van der Waals surface area contributed by atoms with Crippen molar-refractivity contribution in [2.45, 2.75) is 12.3 Å². The van der Waals surface area contributed by atoms with E-state index in [0.29, 0.717) is 17.0 Å². The topological polar surface area (TPSA) is 52.9 Å². The van der Waals surface area contributed by atoms with E-state index < -0.39 is 12.3 Å². The molecule has 3 rings (SSSR count). The number of likely N-dealkylation sites (N-methyl/N-ethyl adjacent to an activating group) is 1. The van der Waals surface area contributed by atoms with Gasteiger partial charge in [0.1, 0.15) is 12.3 Å². The van der Waals surface area contributed by atoms with Gasteiger partial charge in [-0.05, 0) is 18.2 Å². The monoisotopic (exact) mass is 314 g/mol. The number of anilines is 1. The SMILES string of the molecule is CN1c2ccc(Cl)cc2C(c2ccccc2)=NC(O)C1C=O. The van der Waals surface area contributed by atoms with E-state index in [-0.39, 0.29) is 0 Å². The maximum absolute atomic E-state index is 11.4. The molecule has 4 nitrogen and oxygen atoms in total. The summed E-state index contributed by atoms with van der Waals surface area (Å²) >= 11 is 6.13. The number of halogens is 1. The third kappa shape index (κ3) is 2.51. The summed E-state index contributed by atoms with van der Waals surface area (Å²) in [6, 6.07) is 14.2. The molecular formula is C17H15ClN2O2. The van der Waals surface area contributed by atoms with Gasteiger partial charge in [-0.25, -0.2) is 0 Å². The lowest BCUT2D eigenvalue weighted by atomic mass is 10.0. The molecule has 0 aromatic heterocycles. The Hall–Kier alpha value is -2.17. The Morgan fingerprint density at radius 1 is 1.23 bits per heavy atom. The van der Waals surface area contributed by atoms with Crippen LogP contribution in [-0.2, 0) is 4.79 Å². The van der Waals surface area contributed by atoms with Gasteiger partial charge in [0, 0.05) is 28.9 Å². The number of carbonyl (C=O) groups excluding carboxylic acids is 1. The Kier molecular flexibility index (Phi) is 3.96. The second-order valence-electron chi connectivity index (χ2n) is 5.16. The lowest BCUT2D eigenvalue weighted by Crippen LogP contribution is -2.41. The molecule has 1 aliphatic rings. The predicted molar refractivity (Wildman–Crippen MR) is 87.8 cm³/mol. The highest BCUT2D eigenvalue weighted by atomic mass is 35.5. The van der Waals surface area contributed by atoms with E-state index in [1.807, 2.05) is 36.4 Å². The van der Waals surface area contributed by atoms with Crippen LogP contribution in [0.2, 0.25) is 5.02 Å². The first-order chi connectivity index (χ1) is 10.6.